The minimum absolute atomic E-state index is 0.0103. The SMILES string of the molecule is Cc1cc(C(=O)CN2CCN(C(=O)C3CCCN3C(=O)C(F)(F)F)CC2)c(C)n1C(C)(C)C. The van der Waals surface area contributed by atoms with Crippen molar-refractivity contribution in [2.75, 3.05) is 39.3 Å². The van der Waals surface area contributed by atoms with E-state index in [0.717, 1.165) is 11.4 Å². The fourth-order valence-electron chi connectivity index (χ4n) is 5.13. The molecule has 0 N–H and O–H groups in total. The Bertz CT molecular complexity index is 925. The molecule has 184 valence electrons. The molecule has 1 unspecified atom stereocenters. The highest BCUT2D eigenvalue weighted by Crippen LogP contribution is 2.27. The van der Waals surface area contributed by atoms with Crippen LogP contribution in [0.4, 0.5) is 13.2 Å². The van der Waals surface area contributed by atoms with E-state index in [1.54, 1.807) is 0 Å². The number of aryl methyl sites for hydroxylation is 1. The summed E-state index contributed by atoms with van der Waals surface area (Å²) >= 11 is 0. The van der Waals surface area contributed by atoms with Gasteiger partial charge in [0.2, 0.25) is 5.91 Å². The molecule has 2 fully saturated rings. The van der Waals surface area contributed by atoms with Gasteiger partial charge in [-0.25, -0.2) is 0 Å². The van der Waals surface area contributed by atoms with Gasteiger partial charge in [0, 0.05) is 55.2 Å². The first-order valence-corrected chi connectivity index (χ1v) is 11.3. The van der Waals surface area contributed by atoms with Gasteiger partial charge >= 0.3 is 12.1 Å². The Hall–Kier alpha value is -2.36. The van der Waals surface area contributed by atoms with Crippen LogP contribution in [0.5, 0.6) is 0 Å². The van der Waals surface area contributed by atoms with Crippen LogP contribution in [0.1, 0.15) is 55.4 Å². The van der Waals surface area contributed by atoms with Crippen molar-refractivity contribution in [3.05, 3.63) is 23.0 Å². The van der Waals surface area contributed by atoms with Crippen molar-refractivity contribution in [2.24, 2.45) is 0 Å². The number of ketones is 1. The van der Waals surface area contributed by atoms with Gasteiger partial charge < -0.3 is 14.4 Å². The van der Waals surface area contributed by atoms with Crippen molar-refractivity contribution in [2.45, 2.75) is 65.2 Å². The lowest BCUT2D eigenvalue weighted by atomic mass is 10.1. The highest BCUT2D eigenvalue weighted by atomic mass is 19.4. The average Bonchev–Trinajstić information content (AvgIpc) is 3.30. The van der Waals surface area contributed by atoms with Crippen LogP contribution in [0.2, 0.25) is 0 Å². The molecule has 1 atom stereocenters. The molecule has 10 heteroatoms. The van der Waals surface area contributed by atoms with E-state index >= 15 is 0 Å². The Balaban J connectivity index is 1.59. The third-order valence-electron chi connectivity index (χ3n) is 6.49. The lowest BCUT2D eigenvalue weighted by molar-refractivity contribution is -0.187. The molecule has 0 aliphatic carbocycles. The van der Waals surface area contributed by atoms with Gasteiger partial charge in [0.1, 0.15) is 6.04 Å². The standard InChI is InChI=1S/C23H33F3N4O3/c1-15-13-17(16(2)30(15)22(3,4)5)19(31)14-27-9-11-28(12-10-27)20(32)18-7-6-8-29(18)21(33)23(24,25)26/h13,18H,6-12,14H2,1-5H3. The number of likely N-dealkylation sites (tertiary alicyclic amines) is 1. The van der Waals surface area contributed by atoms with Crippen LogP contribution in [0.15, 0.2) is 6.07 Å². The molecule has 0 radical (unpaired) electrons. The van der Waals surface area contributed by atoms with E-state index in [4.69, 9.17) is 0 Å². The molecular weight excluding hydrogens is 437 g/mol. The molecule has 3 heterocycles. The van der Waals surface area contributed by atoms with Gasteiger partial charge in [-0.2, -0.15) is 13.2 Å². The minimum atomic E-state index is -4.98. The molecule has 7 nitrogen and oxygen atoms in total. The molecule has 2 aliphatic heterocycles. The number of piperazine rings is 1. The molecule has 0 bridgehead atoms. The Morgan fingerprint density at radius 2 is 1.61 bits per heavy atom. The number of alkyl halides is 3. The Morgan fingerprint density at radius 1 is 1.00 bits per heavy atom. The topological polar surface area (TPSA) is 65.9 Å². The van der Waals surface area contributed by atoms with Crippen molar-refractivity contribution >= 4 is 17.6 Å². The largest absolute Gasteiger partial charge is 0.471 e. The predicted octanol–water partition coefficient (Wildman–Crippen LogP) is 2.74. The highest BCUT2D eigenvalue weighted by Gasteiger charge is 2.48. The maximum Gasteiger partial charge on any atom is 0.471 e. The molecule has 1 aromatic rings. The smallest absolute Gasteiger partial charge is 0.343 e. The number of rotatable bonds is 4. The monoisotopic (exact) mass is 470 g/mol. The molecular formula is C23H33F3N4O3. The number of aromatic nitrogens is 1. The van der Waals surface area contributed by atoms with Crippen LogP contribution in [-0.2, 0) is 15.1 Å². The van der Waals surface area contributed by atoms with Gasteiger partial charge in [-0.15, -0.1) is 0 Å². The summed E-state index contributed by atoms with van der Waals surface area (Å²) in [5.41, 5.74) is 2.50. The maximum absolute atomic E-state index is 13.0. The van der Waals surface area contributed by atoms with Crippen LogP contribution in [-0.4, -0.2) is 88.4 Å². The molecule has 3 rings (SSSR count). The van der Waals surface area contributed by atoms with E-state index in [1.807, 2.05) is 24.8 Å². The van der Waals surface area contributed by atoms with E-state index in [2.05, 4.69) is 25.3 Å². The van der Waals surface area contributed by atoms with Crippen molar-refractivity contribution < 1.29 is 27.6 Å². The Labute approximate surface area is 192 Å². The summed E-state index contributed by atoms with van der Waals surface area (Å²) in [6.07, 6.45) is -4.37. The number of hydrogen-bond donors (Lipinski definition) is 0. The van der Waals surface area contributed by atoms with Crippen LogP contribution in [0.25, 0.3) is 0 Å². The van der Waals surface area contributed by atoms with Gasteiger partial charge in [-0.1, -0.05) is 0 Å². The molecule has 1 aromatic heterocycles. The number of hydrogen-bond acceptors (Lipinski definition) is 4. The molecule has 0 spiro atoms. The number of halogens is 3. The number of nitrogens with zero attached hydrogens (tertiary/aromatic N) is 4. The van der Waals surface area contributed by atoms with Crippen molar-refractivity contribution in [3.8, 4) is 0 Å². The van der Waals surface area contributed by atoms with Gasteiger partial charge in [-0.05, 0) is 53.5 Å². The number of Topliss-reactive ketones (excluding diaryl/α,β-unsaturated/α-hetero) is 1. The second kappa shape index (κ2) is 9.12. The summed E-state index contributed by atoms with van der Waals surface area (Å²) < 4.78 is 40.7. The van der Waals surface area contributed by atoms with E-state index < -0.39 is 24.0 Å². The molecule has 0 aromatic carbocycles. The lowest BCUT2D eigenvalue weighted by Crippen LogP contribution is -2.56. The van der Waals surface area contributed by atoms with E-state index in [0.29, 0.717) is 43.1 Å². The minimum Gasteiger partial charge on any atom is -0.343 e. The molecule has 0 saturated carbocycles. The number of carbonyl (C=O) groups excluding carboxylic acids is 3. The summed E-state index contributed by atoms with van der Waals surface area (Å²) in [4.78, 5) is 41.6. The van der Waals surface area contributed by atoms with Crippen LogP contribution < -0.4 is 0 Å². The highest BCUT2D eigenvalue weighted by molar-refractivity contribution is 5.99. The van der Waals surface area contributed by atoms with Gasteiger partial charge in [0.25, 0.3) is 0 Å². The first-order chi connectivity index (χ1) is 15.2. The summed E-state index contributed by atoms with van der Waals surface area (Å²) in [5, 5.41) is 0. The summed E-state index contributed by atoms with van der Waals surface area (Å²) in [6.45, 7) is 11.9. The van der Waals surface area contributed by atoms with Crippen LogP contribution >= 0.6 is 0 Å². The second-order valence-corrected chi connectivity index (χ2v) is 9.97. The average molecular weight is 471 g/mol. The number of carbonyl (C=O) groups is 3. The van der Waals surface area contributed by atoms with Crippen molar-refractivity contribution in [1.82, 2.24) is 19.3 Å². The summed E-state index contributed by atoms with van der Waals surface area (Å²) in [6, 6.07) is 0.852. The van der Waals surface area contributed by atoms with E-state index in [9.17, 15) is 27.6 Å². The lowest BCUT2D eigenvalue weighted by Gasteiger charge is -2.37. The predicted molar refractivity (Wildman–Crippen MR) is 117 cm³/mol. The number of amides is 2. The van der Waals surface area contributed by atoms with Gasteiger partial charge in [0.15, 0.2) is 5.78 Å². The molecule has 2 aliphatic rings. The van der Waals surface area contributed by atoms with Gasteiger partial charge in [-0.3, -0.25) is 19.3 Å². The zero-order valence-electron chi connectivity index (χ0n) is 20.0. The quantitative estimate of drug-likeness (QED) is 0.635. The first kappa shape index (κ1) is 25.3. The Kier molecular flexibility index (Phi) is 6.98. The fraction of sp³-hybridized carbons (Fsp3) is 0.696. The van der Waals surface area contributed by atoms with Crippen LogP contribution in [0, 0.1) is 13.8 Å². The van der Waals surface area contributed by atoms with Crippen molar-refractivity contribution in [3.63, 3.8) is 0 Å². The normalized spacial score (nSPS) is 20.4. The third-order valence-corrected chi connectivity index (χ3v) is 6.49. The fourth-order valence-corrected chi connectivity index (χ4v) is 5.13. The molecule has 2 saturated heterocycles. The second-order valence-electron chi connectivity index (χ2n) is 9.97. The van der Waals surface area contributed by atoms with Crippen LogP contribution in [0.3, 0.4) is 0 Å². The third kappa shape index (κ3) is 5.26. The van der Waals surface area contributed by atoms with Gasteiger partial charge in [0.05, 0.1) is 6.54 Å². The summed E-state index contributed by atoms with van der Waals surface area (Å²) in [5.74, 6) is -2.38. The maximum atomic E-state index is 13.0. The molecule has 33 heavy (non-hydrogen) atoms. The Morgan fingerprint density at radius 3 is 2.12 bits per heavy atom. The van der Waals surface area contributed by atoms with E-state index in [1.165, 1.54) is 4.90 Å². The van der Waals surface area contributed by atoms with E-state index in [-0.39, 0.29) is 30.8 Å². The first-order valence-electron chi connectivity index (χ1n) is 11.3. The summed E-state index contributed by atoms with van der Waals surface area (Å²) in [7, 11) is 0. The zero-order chi connectivity index (χ0) is 24.7. The molecule has 2 amide bonds. The zero-order valence-corrected chi connectivity index (χ0v) is 20.0. The van der Waals surface area contributed by atoms with Crippen molar-refractivity contribution in [1.29, 1.82) is 0 Å².